The van der Waals surface area contributed by atoms with Crippen molar-refractivity contribution in [2.24, 2.45) is 0 Å². The predicted octanol–water partition coefficient (Wildman–Crippen LogP) is 3.69. The molecule has 1 aliphatic carbocycles. The maximum absolute atomic E-state index is 13.1. The number of benzene rings is 1. The molecule has 1 N–H and O–H groups in total. The Bertz CT molecular complexity index is 664. The molecule has 2 aromatic rings. The van der Waals surface area contributed by atoms with Crippen molar-refractivity contribution in [2.45, 2.75) is 32.1 Å². The van der Waals surface area contributed by atoms with Gasteiger partial charge in [0.15, 0.2) is 0 Å². The molecule has 0 spiro atoms. The first-order valence-electron chi connectivity index (χ1n) is 7.17. The van der Waals surface area contributed by atoms with Gasteiger partial charge in [-0.05, 0) is 43.9 Å². The average Bonchev–Trinajstić information content (AvgIpc) is 2.91. The van der Waals surface area contributed by atoms with Crippen LogP contribution in [0.15, 0.2) is 18.2 Å². The highest BCUT2D eigenvalue weighted by Crippen LogP contribution is 2.27. The minimum atomic E-state index is -0.385. The van der Waals surface area contributed by atoms with Crippen LogP contribution in [-0.2, 0) is 19.3 Å². The smallest absolute Gasteiger partial charge is 0.124 e. The maximum atomic E-state index is 13.1. The molecule has 0 radical (unpaired) electrons. The number of aromatic nitrogens is 1. The van der Waals surface area contributed by atoms with E-state index in [1.165, 1.54) is 35.5 Å². The van der Waals surface area contributed by atoms with Crippen LogP contribution in [0.25, 0.3) is 0 Å². The van der Waals surface area contributed by atoms with Crippen LogP contribution in [0.4, 0.5) is 10.1 Å². The quantitative estimate of drug-likeness (QED) is 0.937. The highest BCUT2D eigenvalue weighted by atomic mass is 32.1. The predicted molar refractivity (Wildman–Crippen MR) is 82.1 cm³/mol. The SMILES string of the molecule is N#Cc1cc(F)ccc1NCCc1nc2c(s1)CCCC2. The van der Waals surface area contributed by atoms with Crippen molar-refractivity contribution in [3.63, 3.8) is 0 Å². The topological polar surface area (TPSA) is 48.7 Å². The van der Waals surface area contributed by atoms with Gasteiger partial charge in [0.1, 0.15) is 11.9 Å². The molecule has 1 aliphatic rings. The molecule has 0 aliphatic heterocycles. The fourth-order valence-electron chi connectivity index (χ4n) is 2.58. The summed E-state index contributed by atoms with van der Waals surface area (Å²) in [7, 11) is 0. The normalized spacial score (nSPS) is 13.5. The fraction of sp³-hybridized carbons (Fsp3) is 0.375. The zero-order valence-electron chi connectivity index (χ0n) is 11.7. The van der Waals surface area contributed by atoms with Crippen molar-refractivity contribution in [1.29, 1.82) is 5.26 Å². The summed E-state index contributed by atoms with van der Waals surface area (Å²) in [6, 6.07) is 6.24. The van der Waals surface area contributed by atoms with E-state index in [9.17, 15) is 4.39 Å². The van der Waals surface area contributed by atoms with Gasteiger partial charge in [0.05, 0.1) is 22.0 Å². The van der Waals surface area contributed by atoms with Crippen LogP contribution < -0.4 is 5.32 Å². The molecule has 1 aromatic heterocycles. The number of halogens is 1. The Balaban J connectivity index is 1.61. The summed E-state index contributed by atoms with van der Waals surface area (Å²) in [5.41, 5.74) is 2.30. The minimum Gasteiger partial charge on any atom is -0.384 e. The highest BCUT2D eigenvalue weighted by Gasteiger charge is 2.14. The van der Waals surface area contributed by atoms with Gasteiger partial charge < -0.3 is 5.32 Å². The number of fused-ring (bicyclic) bond motifs is 1. The van der Waals surface area contributed by atoms with Crippen LogP contribution in [0.2, 0.25) is 0 Å². The fourth-order valence-corrected chi connectivity index (χ4v) is 3.74. The molecule has 3 nitrogen and oxygen atoms in total. The van der Waals surface area contributed by atoms with Gasteiger partial charge in [-0.1, -0.05) is 0 Å². The zero-order valence-corrected chi connectivity index (χ0v) is 12.5. The Morgan fingerprint density at radius 3 is 3.00 bits per heavy atom. The second-order valence-corrected chi connectivity index (χ2v) is 6.33. The lowest BCUT2D eigenvalue weighted by Crippen LogP contribution is -2.06. The molecule has 0 saturated carbocycles. The molecule has 0 unspecified atom stereocenters. The van der Waals surface area contributed by atoms with E-state index in [4.69, 9.17) is 10.2 Å². The van der Waals surface area contributed by atoms with Crippen molar-refractivity contribution in [3.05, 3.63) is 45.2 Å². The lowest BCUT2D eigenvalue weighted by atomic mass is 10.0. The summed E-state index contributed by atoms with van der Waals surface area (Å²) < 4.78 is 13.1. The standard InChI is InChI=1S/C16H16FN3S/c17-12-5-6-13(11(9-12)10-18)19-8-7-16-20-14-3-1-2-4-15(14)21-16/h5-6,9,19H,1-4,7-8H2. The number of thiazole rings is 1. The number of aryl methyl sites for hydroxylation is 2. The van der Waals surface area contributed by atoms with Gasteiger partial charge in [-0.2, -0.15) is 5.26 Å². The molecular weight excluding hydrogens is 285 g/mol. The number of nitrogens with one attached hydrogen (secondary N) is 1. The Morgan fingerprint density at radius 2 is 2.19 bits per heavy atom. The first kappa shape index (κ1) is 14.0. The van der Waals surface area contributed by atoms with E-state index in [2.05, 4.69) is 5.32 Å². The number of rotatable bonds is 4. The van der Waals surface area contributed by atoms with Gasteiger partial charge >= 0.3 is 0 Å². The summed E-state index contributed by atoms with van der Waals surface area (Å²) in [5.74, 6) is -0.385. The summed E-state index contributed by atoms with van der Waals surface area (Å²) in [6.07, 6.45) is 5.62. The number of anilines is 1. The Kier molecular flexibility index (Phi) is 4.16. The Morgan fingerprint density at radius 1 is 1.33 bits per heavy atom. The van der Waals surface area contributed by atoms with E-state index < -0.39 is 0 Å². The second-order valence-electron chi connectivity index (χ2n) is 5.16. The van der Waals surface area contributed by atoms with Gasteiger partial charge in [0.2, 0.25) is 0 Å². The molecule has 1 heterocycles. The van der Waals surface area contributed by atoms with Crippen LogP contribution >= 0.6 is 11.3 Å². The minimum absolute atomic E-state index is 0.341. The molecule has 0 fully saturated rings. The lowest BCUT2D eigenvalue weighted by Gasteiger charge is -2.07. The van der Waals surface area contributed by atoms with E-state index in [0.29, 0.717) is 17.8 Å². The van der Waals surface area contributed by atoms with Gasteiger partial charge in [-0.25, -0.2) is 9.37 Å². The third-order valence-corrected chi connectivity index (χ3v) is 4.86. The van der Waals surface area contributed by atoms with Gasteiger partial charge in [0.25, 0.3) is 0 Å². The number of hydrogen-bond donors (Lipinski definition) is 1. The lowest BCUT2D eigenvalue weighted by molar-refractivity contribution is 0.627. The van der Waals surface area contributed by atoms with Crippen molar-refractivity contribution in [1.82, 2.24) is 4.98 Å². The molecule has 5 heteroatoms. The number of nitrogens with zero attached hydrogens (tertiary/aromatic N) is 2. The molecule has 0 atom stereocenters. The summed E-state index contributed by atoms with van der Waals surface area (Å²) in [5, 5.41) is 13.3. The highest BCUT2D eigenvalue weighted by molar-refractivity contribution is 7.11. The first-order valence-corrected chi connectivity index (χ1v) is 7.99. The van der Waals surface area contributed by atoms with Gasteiger partial charge in [0, 0.05) is 17.8 Å². The van der Waals surface area contributed by atoms with Gasteiger partial charge in [-0.3, -0.25) is 0 Å². The molecule has 108 valence electrons. The molecule has 1 aromatic carbocycles. The summed E-state index contributed by atoms with van der Waals surface area (Å²) in [4.78, 5) is 6.13. The van der Waals surface area contributed by atoms with Crippen molar-refractivity contribution >= 4 is 17.0 Å². The summed E-state index contributed by atoms with van der Waals surface area (Å²) >= 11 is 1.81. The van der Waals surface area contributed by atoms with Crippen molar-refractivity contribution in [3.8, 4) is 6.07 Å². The molecule has 3 rings (SSSR count). The molecular formula is C16H16FN3S. The average molecular weight is 301 g/mol. The van der Waals surface area contributed by atoms with Crippen LogP contribution in [0.1, 0.15) is 34.0 Å². The van der Waals surface area contributed by atoms with E-state index in [1.807, 2.05) is 6.07 Å². The second kappa shape index (κ2) is 6.23. The largest absolute Gasteiger partial charge is 0.384 e. The third-order valence-electron chi connectivity index (χ3n) is 3.65. The molecule has 0 amide bonds. The van der Waals surface area contributed by atoms with Crippen LogP contribution in [0, 0.1) is 17.1 Å². The van der Waals surface area contributed by atoms with Crippen LogP contribution in [0.3, 0.4) is 0 Å². The third kappa shape index (κ3) is 3.22. The van der Waals surface area contributed by atoms with E-state index >= 15 is 0 Å². The monoisotopic (exact) mass is 301 g/mol. The number of nitriles is 1. The van der Waals surface area contributed by atoms with E-state index in [-0.39, 0.29) is 5.82 Å². The van der Waals surface area contributed by atoms with Gasteiger partial charge in [-0.15, -0.1) is 11.3 Å². The van der Waals surface area contributed by atoms with Crippen LogP contribution in [0.5, 0.6) is 0 Å². The Labute approximate surface area is 127 Å². The molecule has 21 heavy (non-hydrogen) atoms. The van der Waals surface area contributed by atoms with Crippen molar-refractivity contribution in [2.75, 3.05) is 11.9 Å². The van der Waals surface area contributed by atoms with E-state index in [0.717, 1.165) is 24.3 Å². The van der Waals surface area contributed by atoms with E-state index in [1.54, 1.807) is 17.4 Å². The zero-order chi connectivity index (χ0) is 14.7. The van der Waals surface area contributed by atoms with Crippen molar-refractivity contribution < 1.29 is 4.39 Å². The molecule has 0 saturated heterocycles. The number of hydrogen-bond acceptors (Lipinski definition) is 4. The summed E-state index contributed by atoms with van der Waals surface area (Å²) in [6.45, 7) is 0.701. The first-order chi connectivity index (χ1) is 10.3. The molecule has 0 bridgehead atoms. The Hall–Kier alpha value is -1.93. The maximum Gasteiger partial charge on any atom is 0.124 e. The van der Waals surface area contributed by atoms with Crippen LogP contribution in [-0.4, -0.2) is 11.5 Å².